The van der Waals surface area contributed by atoms with E-state index in [-0.39, 0.29) is 42.8 Å². The van der Waals surface area contributed by atoms with Crippen molar-refractivity contribution in [3.05, 3.63) is 0 Å². The van der Waals surface area contributed by atoms with Gasteiger partial charge in [0, 0.05) is 6.61 Å². The van der Waals surface area contributed by atoms with Gasteiger partial charge in [0.1, 0.15) is 0 Å². The molecule has 0 spiro atoms. The molecule has 176 valence electrons. The monoisotopic (exact) mass is 462 g/mol. The van der Waals surface area contributed by atoms with Crippen molar-refractivity contribution in [2.24, 2.45) is 0 Å². The molecule has 0 radical (unpaired) electrons. The van der Waals surface area contributed by atoms with Crippen LogP contribution in [0.5, 0.6) is 0 Å². The van der Waals surface area contributed by atoms with Gasteiger partial charge in [-0.05, 0) is 13.3 Å². The first-order valence-electron chi connectivity index (χ1n) is 11.2. The maximum Gasteiger partial charge on any atom is 1.00 e. The number of unbranched alkanes of at least 4 members (excludes halogenated alkanes) is 9. The molecule has 0 N–H and O–H groups in total. The van der Waals surface area contributed by atoms with Crippen molar-refractivity contribution in [1.82, 2.24) is 0 Å². The zero-order chi connectivity index (χ0) is 21.6. The van der Waals surface area contributed by atoms with Crippen molar-refractivity contribution in [2.45, 2.75) is 83.3 Å². The molecule has 0 amide bonds. The van der Waals surface area contributed by atoms with Gasteiger partial charge in [-0.15, -0.1) is 0 Å². The minimum Gasteiger partial charge on any atom is -0.748 e. The fraction of sp³-hybridized carbons (Fsp3) is 1.00. The topological polar surface area (TPSA) is 94.1 Å². The van der Waals surface area contributed by atoms with E-state index in [1.54, 1.807) is 0 Å². The SMILES string of the molecule is CCCCCCCCCCCCOCCOCCOCCOCC(C)S(=O)(=O)[O-].[Na+]. The Morgan fingerprint density at radius 2 is 1.00 bits per heavy atom. The van der Waals surface area contributed by atoms with Crippen molar-refractivity contribution >= 4 is 10.1 Å². The van der Waals surface area contributed by atoms with Gasteiger partial charge in [-0.1, -0.05) is 64.7 Å². The minimum atomic E-state index is -4.28. The van der Waals surface area contributed by atoms with Crippen molar-refractivity contribution in [3.63, 3.8) is 0 Å². The van der Waals surface area contributed by atoms with Gasteiger partial charge in [-0.25, -0.2) is 8.42 Å². The van der Waals surface area contributed by atoms with Crippen LogP contribution in [0.15, 0.2) is 0 Å². The number of ether oxygens (including phenoxy) is 4. The molecule has 0 saturated carbocycles. The third kappa shape index (κ3) is 25.0. The van der Waals surface area contributed by atoms with Crippen LogP contribution in [0.4, 0.5) is 0 Å². The van der Waals surface area contributed by atoms with Crippen LogP contribution in [-0.2, 0) is 29.1 Å². The zero-order valence-electron chi connectivity index (χ0n) is 19.6. The molecular formula is C21H43NaO7S. The summed E-state index contributed by atoms with van der Waals surface area (Å²) in [5.41, 5.74) is 0. The van der Waals surface area contributed by atoms with Crippen LogP contribution in [0, 0.1) is 0 Å². The maximum absolute atomic E-state index is 10.7. The summed E-state index contributed by atoms with van der Waals surface area (Å²) in [7, 11) is -4.28. The molecule has 1 atom stereocenters. The summed E-state index contributed by atoms with van der Waals surface area (Å²) in [5.74, 6) is 0. The number of hydrogen-bond acceptors (Lipinski definition) is 7. The molecule has 0 aromatic carbocycles. The Balaban J connectivity index is 0. The van der Waals surface area contributed by atoms with E-state index in [0.29, 0.717) is 33.0 Å². The Morgan fingerprint density at radius 3 is 1.43 bits per heavy atom. The molecular weight excluding hydrogens is 419 g/mol. The molecule has 0 saturated heterocycles. The van der Waals surface area contributed by atoms with Crippen LogP contribution in [-0.4, -0.2) is 71.1 Å². The molecule has 0 aromatic heterocycles. The molecule has 0 rings (SSSR count). The van der Waals surface area contributed by atoms with Crippen LogP contribution in [0.2, 0.25) is 0 Å². The Bertz CT molecular complexity index is 435. The van der Waals surface area contributed by atoms with E-state index in [9.17, 15) is 13.0 Å². The largest absolute Gasteiger partial charge is 1.00 e. The third-order valence-corrected chi connectivity index (χ3v) is 5.73. The molecule has 0 fully saturated rings. The summed E-state index contributed by atoms with van der Waals surface area (Å²) in [6.07, 6.45) is 13.2. The predicted molar refractivity (Wildman–Crippen MR) is 114 cm³/mol. The van der Waals surface area contributed by atoms with Crippen LogP contribution < -0.4 is 29.6 Å². The normalized spacial score (nSPS) is 12.6. The van der Waals surface area contributed by atoms with Gasteiger partial charge in [0.05, 0.1) is 61.6 Å². The van der Waals surface area contributed by atoms with E-state index in [0.717, 1.165) is 13.0 Å². The van der Waals surface area contributed by atoms with E-state index in [1.165, 1.54) is 64.7 Å². The van der Waals surface area contributed by atoms with E-state index < -0.39 is 15.4 Å². The molecule has 0 bridgehead atoms. The minimum absolute atomic E-state index is 0. The summed E-state index contributed by atoms with van der Waals surface area (Å²) in [4.78, 5) is 0. The van der Waals surface area contributed by atoms with Gasteiger partial charge >= 0.3 is 29.6 Å². The molecule has 0 aliphatic rings. The summed E-state index contributed by atoms with van der Waals surface area (Å²) in [5, 5.41) is -1.04. The molecule has 30 heavy (non-hydrogen) atoms. The van der Waals surface area contributed by atoms with E-state index in [1.807, 2.05) is 0 Å². The molecule has 7 nitrogen and oxygen atoms in total. The van der Waals surface area contributed by atoms with Crippen molar-refractivity contribution < 1.29 is 61.5 Å². The van der Waals surface area contributed by atoms with Crippen LogP contribution in [0.3, 0.4) is 0 Å². The number of rotatable bonds is 23. The van der Waals surface area contributed by atoms with Gasteiger partial charge in [0.25, 0.3) is 0 Å². The van der Waals surface area contributed by atoms with Gasteiger partial charge in [0.15, 0.2) is 0 Å². The molecule has 0 heterocycles. The average Bonchev–Trinajstić information content (AvgIpc) is 2.68. The summed E-state index contributed by atoms with van der Waals surface area (Å²) >= 11 is 0. The Hall–Kier alpha value is 0.750. The predicted octanol–water partition coefficient (Wildman–Crippen LogP) is 0.911. The number of hydrogen-bond donors (Lipinski definition) is 0. The van der Waals surface area contributed by atoms with E-state index in [2.05, 4.69) is 6.92 Å². The first-order chi connectivity index (χ1) is 14.0. The van der Waals surface area contributed by atoms with E-state index in [4.69, 9.17) is 18.9 Å². The fourth-order valence-corrected chi connectivity index (χ4v) is 2.95. The van der Waals surface area contributed by atoms with E-state index >= 15 is 0 Å². The van der Waals surface area contributed by atoms with Gasteiger partial charge in [-0.2, -0.15) is 0 Å². The second-order valence-corrected chi connectivity index (χ2v) is 9.19. The Labute approximate surface area is 207 Å². The molecule has 1 unspecified atom stereocenters. The standard InChI is InChI=1S/C21H44O7S.Na/c1-3-4-5-6-7-8-9-10-11-12-13-25-14-15-26-16-17-27-18-19-28-20-21(2)29(22,23)24;/h21H,3-20H2,1-2H3,(H,22,23,24);/q;+1/p-1. The first kappa shape index (κ1) is 32.9. The van der Waals surface area contributed by atoms with Gasteiger partial charge in [-0.3, -0.25) is 0 Å². The molecule has 9 heteroatoms. The van der Waals surface area contributed by atoms with Gasteiger partial charge < -0.3 is 23.5 Å². The van der Waals surface area contributed by atoms with Crippen LogP contribution >= 0.6 is 0 Å². The Morgan fingerprint density at radius 1 is 0.633 bits per heavy atom. The van der Waals surface area contributed by atoms with Crippen molar-refractivity contribution in [1.29, 1.82) is 0 Å². The second-order valence-electron chi connectivity index (χ2n) is 7.40. The quantitative estimate of drug-likeness (QED) is 0.127. The van der Waals surface area contributed by atoms with Crippen LogP contribution in [0.1, 0.15) is 78.1 Å². The summed E-state index contributed by atoms with van der Waals surface area (Å²) in [6, 6.07) is 0. The fourth-order valence-electron chi connectivity index (χ4n) is 2.68. The third-order valence-electron chi connectivity index (χ3n) is 4.60. The first-order valence-corrected chi connectivity index (χ1v) is 12.7. The summed E-state index contributed by atoms with van der Waals surface area (Å²) in [6.45, 7) is 6.93. The van der Waals surface area contributed by atoms with Gasteiger partial charge in [0.2, 0.25) is 0 Å². The second kappa shape index (κ2) is 24.4. The maximum atomic E-state index is 10.7. The molecule has 0 aliphatic heterocycles. The molecule has 0 aliphatic carbocycles. The average molecular weight is 463 g/mol. The summed E-state index contributed by atoms with van der Waals surface area (Å²) < 4.78 is 53.4. The van der Waals surface area contributed by atoms with Crippen molar-refractivity contribution in [2.75, 3.05) is 52.9 Å². The van der Waals surface area contributed by atoms with Crippen LogP contribution in [0.25, 0.3) is 0 Å². The Kier molecular flexibility index (Phi) is 26.8. The smallest absolute Gasteiger partial charge is 0.748 e. The van der Waals surface area contributed by atoms with Crippen molar-refractivity contribution in [3.8, 4) is 0 Å². The molecule has 0 aromatic rings. The zero-order valence-corrected chi connectivity index (χ0v) is 22.4.